The highest BCUT2D eigenvalue weighted by Gasteiger charge is 2.20. The number of nitrogens with one attached hydrogen (secondary N) is 2. The zero-order valence-corrected chi connectivity index (χ0v) is 12.1. The van der Waals surface area contributed by atoms with Crippen LogP contribution >= 0.6 is 24.0 Å². The Bertz CT molecular complexity index is 201. The van der Waals surface area contributed by atoms with Crippen molar-refractivity contribution in [1.82, 2.24) is 10.6 Å². The lowest BCUT2D eigenvalue weighted by Crippen LogP contribution is -2.43. The summed E-state index contributed by atoms with van der Waals surface area (Å²) in [4.78, 5) is 0. The van der Waals surface area contributed by atoms with Crippen LogP contribution in [0.15, 0.2) is 0 Å². The van der Waals surface area contributed by atoms with Gasteiger partial charge in [-0.1, -0.05) is 13.3 Å². The lowest BCUT2D eigenvalue weighted by molar-refractivity contribution is 0.420. The average Bonchev–Trinajstić information content (AvgIpc) is 2.30. The van der Waals surface area contributed by atoms with Gasteiger partial charge in [0.05, 0.1) is 0 Å². The van der Waals surface area contributed by atoms with Gasteiger partial charge in [0.25, 0.3) is 0 Å². The van der Waals surface area contributed by atoms with Gasteiger partial charge in [0.2, 0.25) is 0 Å². The minimum atomic E-state index is 0.602. The maximum absolute atomic E-state index is 5.28. The molecule has 0 aromatic heterocycles. The molecule has 0 aromatic carbocycles. The normalized spacial score (nSPS) is 25.1. The molecule has 16 heavy (non-hydrogen) atoms. The summed E-state index contributed by atoms with van der Waals surface area (Å²) >= 11 is 7.29. The predicted molar refractivity (Wildman–Crippen MR) is 78.2 cm³/mol. The van der Waals surface area contributed by atoms with Gasteiger partial charge in [-0.05, 0) is 50.6 Å². The Labute approximate surface area is 109 Å². The van der Waals surface area contributed by atoms with E-state index in [2.05, 4.69) is 23.8 Å². The highest BCUT2D eigenvalue weighted by atomic mass is 32.2. The van der Waals surface area contributed by atoms with Crippen molar-refractivity contribution in [1.29, 1.82) is 0 Å². The summed E-state index contributed by atoms with van der Waals surface area (Å²) in [6.07, 6.45) is 9.82. The molecule has 0 aromatic rings. The molecule has 1 aliphatic carbocycles. The smallest absolute Gasteiger partial charge is 0.166 e. The third kappa shape index (κ3) is 5.39. The minimum Gasteiger partial charge on any atom is -0.363 e. The van der Waals surface area contributed by atoms with Crippen LogP contribution in [0.4, 0.5) is 0 Å². The number of unbranched alkanes of at least 4 members (excludes halogenated alkanes) is 1. The van der Waals surface area contributed by atoms with Gasteiger partial charge in [0.1, 0.15) is 0 Å². The van der Waals surface area contributed by atoms with E-state index in [-0.39, 0.29) is 0 Å². The van der Waals surface area contributed by atoms with E-state index in [1.165, 1.54) is 38.5 Å². The standard InChI is InChI=1S/C12H24N2S2/c1-3-4-9-13-12(15)14-10-5-7-11(16-2)8-6-10/h10-11H,3-9H2,1-2H3,(H2,13,14,15). The number of thioether (sulfide) groups is 1. The summed E-state index contributed by atoms with van der Waals surface area (Å²) in [6, 6.07) is 0.602. The van der Waals surface area contributed by atoms with E-state index in [9.17, 15) is 0 Å². The highest BCUT2D eigenvalue weighted by Crippen LogP contribution is 2.26. The zero-order valence-electron chi connectivity index (χ0n) is 10.4. The van der Waals surface area contributed by atoms with E-state index in [1.54, 1.807) is 0 Å². The number of hydrogen-bond acceptors (Lipinski definition) is 2. The van der Waals surface area contributed by atoms with Crippen molar-refractivity contribution in [2.75, 3.05) is 12.8 Å². The van der Waals surface area contributed by atoms with E-state index in [1.807, 2.05) is 11.8 Å². The van der Waals surface area contributed by atoms with E-state index in [0.717, 1.165) is 16.9 Å². The van der Waals surface area contributed by atoms with Crippen LogP contribution in [0, 0.1) is 0 Å². The summed E-state index contributed by atoms with van der Waals surface area (Å²) in [5, 5.41) is 8.43. The van der Waals surface area contributed by atoms with Gasteiger partial charge in [-0.15, -0.1) is 0 Å². The molecule has 94 valence electrons. The molecular formula is C12H24N2S2. The van der Waals surface area contributed by atoms with E-state index < -0.39 is 0 Å². The first-order chi connectivity index (χ1) is 7.76. The predicted octanol–water partition coefficient (Wildman–Crippen LogP) is 2.92. The number of rotatable bonds is 5. The molecule has 2 nitrogen and oxygen atoms in total. The number of hydrogen-bond donors (Lipinski definition) is 2. The quantitative estimate of drug-likeness (QED) is 0.586. The van der Waals surface area contributed by atoms with Crippen molar-refractivity contribution in [3.05, 3.63) is 0 Å². The first-order valence-corrected chi connectivity index (χ1v) is 8.03. The second kappa shape index (κ2) is 8.18. The van der Waals surface area contributed by atoms with Gasteiger partial charge in [0, 0.05) is 17.8 Å². The van der Waals surface area contributed by atoms with Gasteiger partial charge in [0.15, 0.2) is 5.11 Å². The SMILES string of the molecule is CCCCNC(=S)NC1CCC(SC)CC1. The third-order valence-corrected chi connectivity index (χ3v) is 4.56. The van der Waals surface area contributed by atoms with E-state index >= 15 is 0 Å². The lowest BCUT2D eigenvalue weighted by Gasteiger charge is -2.29. The molecule has 1 fully saturated rings. The van der Waals surface area contributed by atoms with Gasteiger partial charge in [-0.3, -0.25) is 0 Å². The Morgan fingerprint density at radius 2 is 2.00 bits per heavy atom. The minimum absolute atomic E-state index is 0.602. The Morgan fingerprint density at radius 3 is 2.56 bits per heavy atom. The molecule has 2 N–H and O–H groups in total. The van der Waals surface area contributed by atoms with Gasteiger partial charge in [-0.25, -0.2) is 0 Å². The fourth-order valence-electron chi connectivity index (χ4n) is 2.06. The van der Waals surface area contributed by atoms with Crippen LogP contribution in [0.2, 0.25) is 0 Å². The van der Waals surface area contributed by atoms with Crippen molar-refractivity contribution in [3.8, 4) is 0 Å². The molecule has 0 atom stereocenters. The van der Waals surface area contributed by atoms with Crippen molar-refractivity contribution >= 4 is 29.1 Å². The van der Waals surface area contributed by atoms with Gasteiger partial charge in [-0.2, -0.15) is 11.8 Å². The van der Waals surface area contributed by atoms with Crippen molar-refractivity contribution in [2.45, 2.75) is 56.7 Å². The van der Waals surface area contributed by atoms with Crippen LogP contribution in [0.25, 0.3) is 0 Å². The topological polar surface area (TPSA) is 24.1 Å². The number of thiocarbonyl (C=S) groups is 1. The maximum Gasteiger partial charge on any atom is 0.166 e. The maximum atomic E-state index is 5.28. The van der Waals surface area contributed by atoms with Crippen molar-refractivity contribution in [2.24, 2.45) is 0 Å². The molecule has 4 heteroatoms. The van der Waals surface area contributed by atoms with Crippen LogP contribution in [0.3, 0.4) is 0 Å². The summed E-state index contributed by atoms with van der Waals surface area (Å²) < 4.78 is 0. The molecule has 0 bridgehead atoms. The molecule has 0 amide bonds. The lowest BCUT2D eigenvalue weighted by atomic mass is 9.95. The Kier molecular flexibility index (Phi) is 7.21. The van der Waals surface area contributed by atoms with Crippen molar-refractivity contribution in [3.63, 3.8) is 0 Å². The Hall–Kier alpha value is 0.0400. The second-order valence-corrected chi connectivity index (χ2v) is 6.01. The molecule has 1 aliphatic rings. The van der Waals surface area contributed by atoms with Gasteiger partial charge >= 0.3 is 0 Å². The average molecular weight is 260 g/mol. The van der Waals surface area contributed by atoms with E-state index in [4.69, 9.17) is 12.2 Å². The van der Waals surface area contributed by atoms with Crippen LogP contribution in [-0.2, 0) is 0 Å². The summed E-state index contributed by atoms with van der Waals surface area (Å²) in [5.74, 6) is 0. The fraction of sp³-hybridized carbons (Fsp3) is 0.917. The molecule has 0 unspecified atom stereocenters. The molecule has 0 saturated heterocycles. The summed E-state index contributed by atoms with van der Waals surface area (Å²) in [6.45, 7) is 3.20. The molecule has 0 radical (unpaired) electrons. The largest absolute Gasteiger partial charge is 0.363 e. The first-order valence-electron chi connectivity index (χ1n) is 6.33. The van der Waals surface area contributed by atoms with Crippen LogP contribution < -0.4 is 10.6 Å². The molecule has 0 heterocycles. The van der Waals surface area contributed by atoms with Gasteiger partial charge < -0.3 is 10.6 Å². The first kappa shape index (κ1) is 14.1. The van der Waals surface area contributed by atoms with Crippen LogP contribution in [-0.4, -0.2) is 29.2 Å². The fourth-order valence-corrected chi connectivity index (χ4v) is 3.07. The van der Waals surface area contributed by atoms with Crippen LogP contribution in [0.1, 0.15) is 45.4 Å². The third-order valence-electron chi connectivity index (χ3n) is 3.16. The summed E-state index contributed by atoms with van der Waals surface area (Å²) in [7, 11) is 0. The van der Waals surface area contributed by atoms with Crippen molar-refractivity contribution < 1.29 is 0 Å². The molecule has 1 saturated carbocycles. The van der Waals surface area contributed by atoms with Crippen LogP contribution in [0.5, 0.6) is 0 Å². The molecular weight excluding hydrogens is 236 g/mol. The summed E-state index contributed by atoms with van der Waals surface area (Å²) in [5.41, 5.74) is 0. The molecule has 0 spiro atoms. The monoisotopic (exact) mass is 260 g/mol. The Morgan fingerprint density at radius 1 is 1.31 bits per heavy atom. The zero-order chi connectivity index (χ0) is 11.8. The second-order valence-electron chi connectivity index (χ2n) is 4.46. The molecule has 0 aliphatic heterocycles. The highest BCUT2D eigenvalue weighted by molar-refractivity contribution is 7.99. The Balaban J connectivity index is 2.10. The van der Waals surface area contributed by atoms with E-state index in [0.29, 0.717) is 6.04 Å². The molecule has 1 rings (SSSR count).